The molecule has 21 heavy (non-hydrogen) atoms. The van der Waals surface area contributed by atoms with E-state index in [1.807, 2.05) is 12.1 Å². The zero-order valence-corrected chi connectivity index (χ0v) is 14.0. The largest absolute Gasteiger partial charge is 0.298 e. The first-order chi connectivity index (χ1) is 10.1. The van der Waals surface area contributed by atoms with E-state index < -0.39 is 0 Å². The quantitative estimate of drug-likeness (QED) is 0.832. The SMILES string of the molecule is CC(C)C1CN2CCCCC2CN1Cc1ccccc1Cl. The second-order valence-corrected chi connectivity index (χ2v) is 7.38. The highest BCUT2D eigenvalue weighted by molar-refractivity contribution is 6.31. The van der Waals surface area contributed by atoms with Gasteiger partial charge in [-0.3, -0.25) is 9.80 Å². The Morgan fingerprint density at radius 3 is 2.76 bits per heavy atom. The molecule has 1 aromatic rings. The van der Waals surface area contributed by atoms with Crippen molar-refractivity contribution in [2.24, 2.45) is 5.92 Å². The molecule has 2 saturated heterocycles. The molecule has 3 rings (SSSR count). The third-order valence-corrected chi connectivity index (χ3v) is 5.55. The van der Waals surface area contributed by atoms with Crippen molar-refractivity contribution in [2.45, 2.75) is 51.7 Å². The summed E-state index contributed by atoms with van der Waals surface area (Å²) in [6.45, 7) is 9.44. The molecule has 2 aliphatic heterocycles. The molecule has 2 heterocycles. The van der Waals surface area contributed by atoms with Crippen LogP contribution in [0, 0.1) is 5.92 Å². The van der Waals surface area contributed by atoms with Gasteiger partial charge in [0.05, 0.1) is 0 Å². The Kier molecular flexibility index (Phi) is 4.88. The van der Waals surface area contributed by atoms with E-state index in [1.54, 1.807) is 0 Å². The first-order valence-electron chi connectivity index (χ1n) is 8.36. The van der Waals surface area contributed by atoms with Gasteiger partial charge in [0.2, 0.25) is 0 Å². The fraction of sp³-hybridized carbons (Fsp3) is 0.667. The average Bonchev–Trinajstić information content (AvgIpc) is 2.48. The molecule has 0 aliphatic carbocycles. The summed E-state index contributed by atoms with van der Waals surface area (Å²) >= 11 is 6.37. The molecule has 2 unspecified atom stereocenters. The van der Waals surface area contributed by atoms with Crippen LogP contribution >= 0.6 is 11.6 Å². The van der Waals surface area contributed by atoms with Crippen LogP contribution in [0.25, 0.3) is 0 Å². The predicted molar refractivity (Wildman–Crippen MR) is 89.7 cm³/mol. The van der Waals surface area contributed by atoms with Crippen LogP contribution in [-0.2, 0) is 6.54 Å². The molecule has 0 saturated carbocycles. The summed E-state index contributed by atoms with van der Waals surface area (Å²) in [5.74, 6) is 0.690. The third-order valence-electron chi connectivity index (χ3n) is 5.19. The molecule has 3 heteroatoms. The smallest absolute Gasteiger partial charge is 0.0451 e. The van der Waals surface area contributed by atoms with Gasteiger partial charge in [0.25, 0.3) is 0 Å². The first kappa shape index (κ1) is 15.3. The van der Waals surface area contributed by atoms with E-state index >= 15 is 0 Å². The molecular formula is C18H27ClN2. The second-order valence-electron chi connectivity index (χ2n) is 6.98. The Hall–Kier alpha value is -0.570. The van der Waals surface area contributed by atoms with Gasteiger partial charge in [0.1, 0.15) is 0 Å². The summed E-state index contributed by atoms with van der Waals surface area (Å²) in [5, 5.41) is 0.908. The summed E-state index contributed by atoms with van der Waals surface area (Å²) in [4.78, 5) is 5.41. The van der Waals surface area contributed by atoms with Crippen molar-refractivity contribution >= 4 is 11.6 Å². The minimum atomic E-state index is 0.649. The van der Waals surface area contributed by atoms with Crippen LogP contribution in [0.4, 0.5) is 0 Å². The lowest BCUT2D eigenvalue weighted by Gasteiger charge is -2.50. The van der Waals surface area contributed by atoms with Gasteiger partial charge in [-0.25, -0.2) is 0 Å². The van der Waals surface area contributed by atoms with E-state index in [2.05, 4.69) is 35.8 Å². The van der Waals surface area contributed by atoms with Gasteiger partial charge in [0, 0.05) is 36.7 Å². The molecule has 2 fully saturated rings. The van der Waals surface area contributed by atoms with Crippen molar-refractivity contribution in [3.8, 4) is 0 Å². The zero-order chi connectivity index (χ0) is 14.8. The number of piperidine rings is 1. The molecule has 2 atom stereocenters. The number of hydrogen-bond donors (Lipinski definition) is 0. The minimum Gasteiger partial charge on any atom is -0.298 e. The average molecular weight is 307 g/mol. The maximum absolute atomic E-state index is 6.37. The number of benzene rings is 1. The molecule has 0 aromatic heterocycles. The van der Waals surface area contributed by atoms with Crippen LogP contribution in [0.3, 0.4) is 0 Å². The zero-order valence-electron chi connectivity index (χ0n) is 13.3. The number of fused-ring (bicyclic) bond motifs is 1. The van der Waals surface area contributed by atoms with Crippen LogP contribution < -0.4 is 0 Å². The monoisotopic (exact) mass is 306 g/mol. The lowest BCUT2D eigenvalue weighted by molar-refractivity contribution is -0.0118. The number of nitrogens with zero attached hydrogens (tertiary/aromatic N) is 2. The first-order valence-corrected chi connectivity index (χ1v) is 8.74. The van der Waals surface area contributed by atoms with Crippen molar-refractivity contribution in [1.29, 1.82) is 0 Å². The topological polar surface area (TPSA) is 6.48 Å². The van der Waals surface area contributed by atoms with Crippen LogP contribution in [0.5, 0.6) is 0 Å². The van der Waals surface area contributed by atoms with Gasteiger partial charge >= 0.3 is 0 Å². The summed E-state index contributed by atoms with van der Waals surface area (Å²) in [6.07, 6.45) is 4.14. The highest BCUT2D eigenvalue weighted by atomic mass is 35.5. The van der Waals surface area contributed by atoms with Gasteiger partial charge in [0.15, 0.2) is 0 Å². The van der Waals surface area contributed by atoms with Crippen LogP contribution in [0.2, 0.25) is 5.02 Å². The maximum atomic E-state index is 6.37. The van der Waals surface area contributed by atoms with Crippen LogP contribution in [0.15, 0.2) is 24.3 Å². The molecule has 0 radical (unpaired) electrons. The summed E-state index contributed by atoms with van der Waals surface area (Å²) in [7, 11) is 0. The number of rotatable bonds is 3. The fourth-order valence-corrected chi connectivity index (χ4v) is 4.12. The minimum absolute atomic E-state index is 0.649. The van der Waals surface area contributed by atoms with Gasteiger partial charge in [-0.05, 0) is 36.9 Å². The van der Waals surface area contributed by atoms with Gasteiger partial charge in [-0.1, -0.05) is 50.1 Å². The Balaban J connectivity index is 1.76. The molecular weight excluding hydrogens is 280 g/mol. The molecule has 0 N–H and O–H groups in total. The lowest BCUT2D eigenvalue weighted by Crippen LogP contribution is -2.60. The predicted octanol–water partition coefficient (Wildman–Crippen LogP) is 4.03. The van der Waals surface area contributed by atoms with E-state index in [0.717, 1.165) is 17.6 Å². The normalized spacial score (nSPS) is 27.8. The van der Waals surface area contributed by atoms with E-state index in [4.69, 9.17) is 11.6 Å². The highest BCUT2D eigenvalue weighted by Gasteiger charge is 2.36. The Labute approximate surface area is 134 Å². The van der Waals surface area contributed by atoms with Crippen molar-refractivity contribution in [2.75, 3.05) is 19.6 Å². The Morgan fingerprint density at radius 1 is 1.19 bits per heavy atom. The molecule has 0 amide bonds. The summed E-state index contributed by atoms with van der Waals surface area (Å²) < 4.78 is 0. The van der Waals surface area contributed by atoms with Gasteiger partial charge < -0.3 is 0 Å². The second kappa shape index (κ2) is 6.68. The number of piperazine rings is 1. The van der Waals surface area contributed by atoms with E-state index in [0.29, 0.717) is 12.0 Å². The fourth-order valence-electron chi connectivity index (χ4n) is 3.93. The Bertz CT molecular complexity index is 474. The molecule has 0 spiro atoms. The lowest BCUT2D eigenvalue weighted by atomic mass is 9.91. The molecule has 0 bridgehead atoms. The van der Waals surface area contributed by atoms with E-state index in [9.17, 15) is 0 Å². The van der Waals surface area contributed by atoms with Crippen LogP contribution in [0.1, 0.15) is 38.7 Å². The van der Waals surface area contributed by atoms with E-state index in [-0.39, 0.29) is 0 Å². The summed E-state index contributed by atoms with van der Waals surface area (Å²) in [5.41, 5.74) is 1.27. The van der Waals surface area contributed by atoms with Crippen LogP contribution in [-0.4, -0.2) is 41.5 Å². The van der Waals surface area contributed by atoms with E-state index in [1.165, 1.54) is 44.5 Å². The standard InChI is InChI=1S/C18H27ClN2/c1-14(2)18-13-20-10-6-5-8-16(20)12-21(18)11-15-7-3-4-9-17(15)19/h3-4,7,9,14,16,18H,5-6,8,10-13H2,1-2H3. The number of hydrogen-bond acceptors (Lipinski definition) is 2. The maximum Gasteiger partial charge on any atom is 0.0451 e. The molecule has 2 aliphatic rings. The molecule has 2 nitrogen and oxygen atoms in total. The van der Waals surface area contributed by atoms with Crippen molar-refractivity contribution in [1.82, 2.24) is 9.80 Å². The molecule has 116 valence electrons. The van der Waals surface area contributed by atoms with Gasteiger partial charge in [-0.2, -0.15) is 0 Å². The Morgan fingerprint density at radius 2 is 2.00 bits per heavy atom. The highest BCUT2D eigenvalue weighted by Crippen LogP contribution is 2.29. The molecule has 1 aromatic carbocycles. The van der Waals surface area contributed by atoms with Gasteiger partial charge in [-0.15, -0.1) is 0 Å². The summed E-state index contributed by atoms with van der Waals surface area (Å²) in [6, 6.07) is 9.71. The number of halogens is 1. The van der Waals surface area contributed by atoms with Crippen molar-refractivity contribution < 1.29 is 0 Å². The third kappa shape index (κ3) is 3.44. The van der Waals surface area contributed by atoms with Crippen molar-refractivity contribution in [3.63, 3.8) is 0 Å². The van der Waals surface area contributed by atoms with Crippen molar-refractivity contribution in [3.05, 3.63) is 34.9 Å².